The van der Waals surface area contributed by atoms with Gasteiger partial charge < -0.3 is 20.1 Å². The highest BCUT2D eigenvalue weighted by molar-refractivity contribution is 6.28. The zero-order valence-corrected chi connectivity index (χ0v) is 20.0. The number of ether oxygens (including phenoxy) is 1. The number of halogens is 1. The summed E-state index contributed by atoms with van der Waals surface area (Å²) in [5.74, 6) is -0.0693. The van der Waals surface area contributed by atoms with Crippen molar-refractivity contribution < 1.29 is 14.6 Å². The lowest BCUT2D eigenvalue weighted by Crippen LogP contribution is -2.41. The van der Waals surface area contributed by atoms with Gasteiger partial charge in [-0.2, -0.15) is 4.98 Å². The van der Waals surface area contributed by atoms with E-state index in [1.165, 1.54) is 0 Å². The SMILES string of the molecule is COC1CCC(N(CC(C)C)c2ccc(C(C)CC(=O)O)cc2Nc2n[nH]c(Cl)n2)CC1. The second-order valence-corrected chi connectivity index (χ2v) is 9.42. The van der Waals surface area contributed by atoms with Crippen molar-refractivity contribution in [2.24, 2.45) is 5.92 Å². The highest BCUT2D eigenvalue weighted by atomic mass is 35.5. The number of nitrogens with zero attached hydrogens (tertiary/aromatic N) is 3. The Morgan fingerprint density at radius 2 is 2.03 bits per heavy atom. The number of aliphatic carboxylic acids is 1. The molecule has 0 radical (unpaired) electrons. The minimum atomic E-state index is -0.812. The molecule has 0 saturated heterocycles. The number of aromatic nitrogens is 3. The molecule has 9 heteroatoms. The Balaban J connectivity index is 1.96. The van der Waals surface area contributed by atoms with Gasteiger partial charge in [-0.25, -0.2) is 5.10 Å². The molecule has 1 atom stereocenters. The van der Waals surface area contributed by atoms with Crippen molar-refractivity contribution in [1.82, 2.24) is 15.2 Å². The summed E-state index contributed by atoms with van der Waals surface area (Å²) in [6.07, 6.45) is 4.62. The standard InChI is InChI=1S/C23H34ClN5O3/c1-14(2)13-29(17-6-8-18(32-4)9-7-17)20-10-5-16(15(3)11-21(30)31)12-19(20)25-23-26-22(24)27-28-23/h5,10,12,14-15,17-18H,6-9,11,13H2,1-4H3,(H,30,31)(H2,25,26,27,28). The molecule has 1 aliphatic rings. The average molecular weight is 464 g/mol. The highest BCUT2D eigenvalue weighted by Crippen LogP contribution is 2.37. The van der Waals surface area contributed by atoms with Gasteiger partial charge in [0.1, 0.15) is 0 Å². The first-order chi connectivity index (χ1) is 15.3. The van der Waals surface area contributed by atoms with E-state index in [-0.39, 0.29) is 17.6 Å². The Bertz CT molecular complexity index is 896. The summed E-state index contributed by atoms with van der Waals surface area (Å²) in [6, 6.07) is 6.55. The van der Waals surface area contributed by atoms with Gasteiger partial charge >= 0.3 is 5.97 Å². The normalized spacial score (nSPS) is 19.7. The summed E-state index contributed by atoms with van der Waals surface area (Å²) in [7, 11) is 1.79. The van der Waals surface area contributed by atoms with Gasteiger partial charge in [0.15, 0.2) is 0 Å². The lowest BCUT2D eigenvalue weighted by Gasteiger charge is -2.40. The number of carboxylic acid groups (broad SMARTS) is 1. The molecule has 0 amide bonds. The van der Waals surface area contributed by atoms with Gasteiger partial charge in [-0.05, 0) is 66.8 Å². The van der Waals surface area contributed by atoms with Crippen LogP contribution in [0.2, 0.25) is 5.28 Å². The second-order valence-electron chi connectivity index (χ2n) is 9.06. The van der Waals surface area contributed by atoms with Gasteiger partial charge in [-0.15, -0.1) is 5.10 Å². The molecule has 32 heavy (non-hydrogen) atoms. The van der Waals surface area contributed by atoms with Crippen LogP contribution >= 0.6 is 11.6 Å². The Labute approximate surface area is 194 Å². The van der Waals surface area contributed by atoms with Gasteiger partial charge in [0.25, 0.3) is 0 Å². The van der Waals surface area contributed by atoms with Crippen LogP contribution in [0.5, 0.6) is 0 Å². The highest BCUT2D eigenvalue weighted by Gasteiger charge is 2.28. The Kier molecular flexibility index (Phi) is 8.37. The average Bonchev–Trinajstić information content (AvgIpc) is 3.16. The van der Waals surface area contributed by atoms with Crippen molar-refractivity contribution in [3.8, 4) is 0 Å². The van der Waals surface area contributed by atoms with E-state index in [1.807, 2.05) is 19.1 Å². The molecule has 3 N–H and O–H groups in total. The van der Waals surface area contributed by atoms with Gasteiger partial charge in [0.2, 0.25) is 11.2 Å². The third-order valence-electron chi connectivity index (χ3n) is 6.06. The number of nitrogens with one attached hydrogen (secondary N) is 2. The van der Waals surface area contributed by atoms with Crippen molar-refractivity contribution in [2.45, 2.75) is 70.9 Å². The summed E-state index contributed by atoms with van der Waals surface area (Å²) >= 11 is 5.93. The van der Waals surface area contributed by atoms with Crippen LogP contribution in [0.3, 0.4) is 0 Å². The molecule has 1 fully saturated rings. The zero-order chi connectivity index (χ0) is 23.3. The van der Waals surface area contributed by atoms with Crippen LogP contribution in [-0.4, -0.2) is 52.1 Å². The maximum absolute atomic E-state index is 11.2. The minimum absolute atomic E-state index is 0.0714. The van der Waals surface area contributed by atoms with Crippen molar-refractivity contribution in [3.05, 3.63) is 29.0 Å². The van der Waals surface area contributed by atoms with Crippen molar-refractivity contribution >= 4 is 34.9 Å². The quantitative estimate of drug-likeness (QED) is 0.444. The first kappa shape index (κ1) is 24.3. The number of carboxylic acids is 1. The fourth-order valence-corrected chi connectivity index (χ4v) is 4.56. The molecule has 1 unspecified atom stereocenters. The molecule has 0 aliphatic heterocycles. The van der Waals surface area contributed by atoms with Gasteiger partial charge in [0, 0.05) is 19.7 Å². The molecule has 176 valence electrons. The fraction of sp³-hybridized carbons (Fsp3) is 0.609. The number of rotatable bonds is 10. The van der Waals surface area contributed by atoms with Crippen LogP contribution in [0.4, 0.5) is 17.3 Å². The van der Waals surface area contributed by atoms with Crippen LogP contribution in [0.15, 0.2) is 18.2 Å². The summed E-state index contributed by atoms with van der Waals surface area (Å²) in [6.45, 7) is 7.28. The van der Waals surface area contributed by atoms with Gasteiger partial charge in [-0.1, -0.05) is 26.8 Å². The Morgan fingerprint density at radius 3 is 2.59 bits per heavy atom. The van der Waals surface area contributed by atoms with Gasteiger partial charge in [-0.3, -0.25) is 4.79 Å². The predicted molar refractivity (Wildman–Crippen MR) is 127 cm³/mol. The molecule has 1 aromatic carbocycles. The van der Waals surface area contributed by atoms with E-state index in [1.54, 1.807) is 7.11 Å². The summed E-state index contributed by atoms with van der Waals surface area (Å²) < 4.78 is 5.57. The molecule has 8 nitrogen and oxygen atoms in total. The van der Waals surface area contributed by atoms with Crippen LogP contribution in [-0.2, 0) is 9.53 Å². The smallest absolute Gasteiger partial charge is 0.303 e. The molecule has 3 rings (SSSR count). The molecule has 0 spiro atoms. The molecule has 0 bridgehead atoms. The van der Waals surface area contributed by atoms with Crippen LogP contribution in [0, 0.1) is 5.92 Å². The molecule has 1 aliphatic carbocycles. The molecule has 1 aromatic heterocycles. The third kappa shape index (κ3) is 6.36. The summed E-state index contributed by atoms with van der Waals surface area (Å²) in [5, 5.41) is 19.5. The Hall–Kier alpha value is -2.32. The maximum atomic E-state index is 11.2. The van der Waals surface area contributed by atoms with E-state index in [0.717, 1.165) is 49.2 Å². The lowest BCUT2D eigenvalue weighted by atomic mass is 9.90. The van der Waals surface area contributed by atoms with E-state index in [9.17, 15) is 9.90 Å². The van der Waals surface area contributed by atoms with E-state index in [2.05, 4.69) is 45.3 Å². The number of hydrogen-bond acceptors (Lipinski definition) is 6. The molecular weight excluding hydrogens is 430 g/mol. The van der Waals surface area contributed by atoms with Crippen molar-refractivity contribution in [3.63, 3.8) is 0 Å². The monoisotopic (exact) mass is 463 g/mol. The number of anilines is 3. The summed E-state index contributed by atoms with van der Waals surface area (Å²) in [5.41, 5.74) is 2.87. The zero-order valence-electron chi connectivity index (χ0n) is 19.3. The molecule has 1 saturated carbocycles. The molecular formula is C23H34ClN5O3. The van der Waals surface area contributed by atoms with E-state index >= 15 is 0 Å². The third-order valence-corrected chi connectivity index (χ3v) is 6.23. The van der Waals surface area contributed by atoms with E-state index < -0.39 is 5.97 Å². The molecule has 1 heterocycles. The van der Waals surface area contributed by atoms with E-state index in [0.29, 0.717) is 24.0 Å². The first-order valence-corrected chi connectivity index (χ1v) is 11.6. The first-order valence-electron chi connectivity index (χ1n) is 11.3. The predicted octanol–water partition coefficient (Wildman–Crippen LogP) is 5.20. The van der Waals surface area contributed by atoms with E-state index in [4.69, 9.17) is 16.3 Å². The van der Waals surface area contributed by atoms with Crippen LogP contribution in [0.1, 0.15) is 64.4 Å². The Morgan fingerprint density at radius 1 is 1.31 bits per heavy atom. The number of methoxy groups -OCH3 is 1. The van der Waals surface area contributed by atoms with Crippen LogP contribution in [0.25, 0.3) is 0 Å². The number of aromatic amines is 1. The topological polar surface area (TPSA) is 103 Å². The molecule has 2 aromatic rings. The van der Waals surface area contributed by atoms with Crippen molar-refractivity contribution in [1.29, 1.82) is 0 Å². The number of hydrogen-bond donors (Lipinski definition) is 3. The minimum Gasteiger partial charge on any atom is -0.481 e. The summed E-state index contributed by atoms with van der Waals surface area (Å²) in [4.78, 5) is 17.9. The number of H-pyrrole nitrogens is 1. The lowest BCUT2D eigenvalue weighted by molar-refractivity contribution is -0.137. The largest absolute Gasteiger partial charge is 0.481 e. The number of carbonyl (C=O) groups is 1. The van der Waals surface area contributed by atoms with Crippen molar-refractivity contribution in [2.75, 3.05) is 23.9 Å². The fourth-order valence-electron chi connectivity index (χ4n) is 4.44. The maximum Gasteiger partial charge on any atom is 0.303 e. The second kappa shape index (κ2) is 11.0. The number of benzene rings is 1. The van der Waals surface area contributed by atoms with Crippen LogP contribution < -0.4 is 10.2 Å². The van der Waals surface area contributed by atoms with Gasteiger partial charge in [0.05, 0.1) is 23.9 Å².